The van der Waals surface area contributed by atoms with Crippen molar-refractivity contribution in [1.29, 1.82) is 0 Å². The fraction of sp³-hybridized carbons (Fsp3) is 1.00. The van der Waals surface area contributed by atoms with Crippen molar-refractivity contribution in [1.82, 2.24) is 14.3 Å². The van der Waals surface area contributed by atoms with E-state index in [9.17, 15) is 8.42 Å². The molecule has 0 unspecified atom stereocenters. The van der Waals surface area contributed by atoms with Gasteiger partial charge in [0.25, 0.3) is 10.2 Å². The summed E-state index contributed by atoms with van der Waals surface area (Å²) >= 11 is 0. The summed E-state index contributed by atoms with van der Waals surface area (Å²) in [6.45, 7) is 6.50. The molecule has 2 aliphatic rings. The van der Waals surface area contributed by atoms with E-state index in [0.717, 1.165) is 32.2 Å². The number of nitrogens with one attached hydrogen (secondary N) is 2. The minimum atomic E-state index is -3.32. The molecule has 0 aromatic rings. The Morgan fingerprint density at radius 1 is 1.24 bits per heavy atom. The minimum Gasteiger partial charge on any atom is -0.381 e. The molecule has 0 aromatic carbocycles. The highest BCUT2D eigenvalue weighted by Crippen LogP contribution is 2.25. The first kappa shape index (κ1) is 17.1. The van der Waals surface area contributed by atoms with Gasteiger partial charge in [-0.3, -0.25) is 0 Å². The summed E-state index contributed by atoms with van der Waals surface area (Å²) in [6, 6.07) is 0.529. The Labute approximate surface area is 128 Å². The Bertz CT molecular complexity index is 413. The molecule has 0 aromatic heterocycles. The molecule has 1 heterocycles. The second-order valence-corrected chi connectivity index (χ2v) is 8.26. The molecule has 1 aliphatic carbocycles. The minimum absolute atomic E-state index is 0.0419. The number of piperidine rings is 1. The van der Waals surface area contributed by atoms with Gasteiger partial charge in [0, 0.05) is 32.3 Å². The van der Waals surface area contributed by atoms with Gasteiger partial charge in [-0.25, -0.2) is 0 Å². The number of ether oxygens (including phenoxy) is 1. The first-order valence-corrected chi connectivity index (χ1v) is 9.38. The molecule has 124 valence electrons. The molecule has 7 heteroatoms. The van der Waals surface area contributed by atoms with E-state index in [4.69, 9.17) is 4.74 Å². The van der Waals surface area contributed by atoms with Gasteiger partial charge in [-0.1, -0.05) is 13.8 Å². The normalized spacial score (nSPS) is 28.8. The van der Waals surface area contributed by atoms with E-state index in [1.165, 1.54) is 0 Å². The Kier molecular flexibility index (Phi) is 6.02. The van der Waals surface area contributed by atoms with Gasteiger partial charge in [0.15, 0.2) is 0 Å². The van der Waals surface area contributed by atoms with Gasteiger partial charge in [0.05, 0.1) is 6.10 Å². The molecule has 2 rings (SSSR count). The van der Waals surface area contributed by atoms with Crippen LogP contribution in [0.25, 0.3) is 0 Å². The van der Waals surface area contributed by atoms with Gasteiger partial charge in [-0.2, -0.15) is 17.4 Å². The molecule has 1 aliphatic heterocycles. The fourth-order valence-electron chi connectivity index (χ4n) is 2.90. The lowest BCUT2D eigenvalue weighted by Gasteiger charge is -2.37. The third-order valence-electron chi connectivity index (χ3n) is 4.47. The summed E-state index contributed by atoms with van der Waals surface area (Å²) in [4.78, 5) is 0. The molecule has 21 heavy (non-hydrogen) atoms. The zero-order valence-electron chi connectivity index (χ0n) is 13.3. The maximum absolute atomic E-state index is 12.3. The molecular formula is C14H29N3O3S. The molecule has 0 spiro atoms. The molecule has 2 N–H and O–H groups in total. The highest BCUT2D eigenvalue weighted by atomic mass is 32.2. The molecule has 0 radical (unpaired) electrons. The van der Waals surface area contributed by atoms with Crippen LogP contribution in [0.5, 0.6) is 0 Å². The van der Waals surface area contributed by atoms with Crippen molar-refractivity contribution in [3.05, 3.63) is 0 Å². The Balaban J connectivity index is 1.73. The Morgan fingerprint density at radius 2 is 1.86 bits per heavy atom. The summed E-state index contributed by atoms with van der Waals surface area (Å²) in [5.41, 5.74) is 0. The highest BCUT2D eigenvalue weighted by Gasteiger charge is 2.35. The lowest BCUT2D eigenvalue weighted by Crippen LogP contribution is -2.53. The molecule has 0 atom stereocenters. The standard InChI is InChI=1S/C14H29N3O3S/c1-11(2)15-10-12-4-6-17(7-5-12)21(18,19)16-13-8-14(9-13)20-3/h11-16H,4-10H2,1-3H3. The van der Waals surface area contributed by atoms with Crippen molar-refractivity contribution in [2.24, 2.45) is 5.92 Å². The van der Waals surface area contributed by atoms with Crippen LogP contribution in [0.3, 0.4) is 0 Å². The van der Waals surface area contributed by atoms with Crippen LogP contribution < -0.4 is 10.0 Å². The van der Waals surface area contributed by atoms with Crippen molar-refractivity contribution < 1.29 is 13.2 Å². The molecule has 0 bridgehead atoms. The summed E-state index contributed by atoms with van der Waals surface area (Å²) in [5.74, 6) is 0.584. The summed E-state index contributed by atoms with van der Waals surface area (Å²) in [6.07, 6.45) is 3.65. The third-order valence-corrected chi connectivity index (χ3v) is 6.15. The number of rotatable bonds is 7. The lowest BCUT2D eigenvalue weighted by atomic mass is 9.90. The van der Waals surface area contributed by atoms with Crippen LogP contribution >= 0.6 is 0 Å². The largest absolute Gasteiger partial charge is 0.381 e. The Morgan fingerprint density at radius 3 is 2.38 bits per heavy atom. The maximum atomic E-state index is 12.3. The van der Waals surface area contributed by atoms with E-state index in [-0.39, 0.29) is 12.1 Å². The van der Waals surface area contributed by atoms with Crippen LogP contribution in [0.4, 0.5) is 0 Å². The van der Waals surface area contributed by atoms with Crippen LogP contribution in [-0.2, 0) is 14.9 Å². The second-order valence-electron chi connectivity index (χ2n) is 6.55. The summed E-state index contributed by atoms with van der Waals surface area (Å²) in [7, 11) is -1.65. The van der Waals surface area contributed by atoms with Gasteiger partial charge >= 0.3 is 0 Å². The van der Waals surface area contributed by atoms with Crippen LogP contribution in [0.2, 0.25) is 0 Å². The molecule has 6 nitrogen and oxygen atoms in total. The second kappa shape index (κ2) is 7.37. The van der Waals surface area contributed by atoms with Crippen LogP contribution in [-0.4, -0.2) is 57.7 Å². The van der Waals surface area contributed by atoms with E-state index < -0.39 is 10.2 Å². The molecule has 0 amide bonds. The third kappa shape index (κ3) is 4.89. The lowest BCUT2D eigenvalue weighted by molar-refractivity contribution is 0.0231. The molecule has 1 saturated heterocycles. The number of hydrogen-bond acceptors (Lipinski definition) is 4. The number of hydrogen-bond donors (Lipinski definition) is 2. The molecular weight excluding hydrogens is 290 g/mol. The predicted octanol–water partition coefficient (Wildman–Crippen LogP) is 0.708. The van der Waals surface area contributed by atoms with E-state index in [1.54, 1.807) is 11.4 Å². The van der Waals surface area contributed by atoms with Crippen molar-refractivity contribution in [2.75, 3.05) is 26.7 Å². The predicted molar refractivity (Wildman–Crippen MR) is 83.3 cm³/mol. The van der Waals surface area contributed by atoms with Gasteiger partial charge < -0.3 is 10.1 Å². The average Bonchev–Trinajstić information content (AvgIpc) is 2.40. The monoisotopic (exact) mass is 319 g/mol. The van der Waals surface area contributed by atoms with Crippen molar-refractivity contribution in [2.45, 2.75) is 57.7 Å². The van der Waals surface area contributed by atoms with Crippen molar-refractivity contribution in [3.8, 4) is 0 Å². The highest BCUT2D eigenvalue weighted by molar-refractivity contribution is 7.87. The summed E-state index contributed by atoms with van der Waals surface area (Å²) < 4.78 is 34.2. The molecule has 2 fully saturated rings. The zero-order valence-corrected chi connectivity index (χ0v) is 14.2. The fourth-order valence-corrected chi connectivity index (χ4v) is 4.35. The van der Waals surface area contributed by atoms with E-state index in [1.807, 2.05) is 0 Å². The zero-order chi connectivity index (χ0) is 15.5. The smallest absolute Gasteiger partial charge is 0.279 e. The maximum Gasteiger partial charge on any atom is 0.279 e. The van der Waals surface area contributed by atoms with Gasteiger partial charge in [0.1, 0.15) is 0 Å². The van der Waals surface area contributed by atoms with Crippen molar-refractivity contribution in [3.63, 3.8) is 0 Å². The quantitative estimate of drug-likeness (QED) is 0.725. The summed E-state index contributed by atoms with van der Waals surface area (Å²) in [5, 5.41) is 3.43. The van der Waals surface area contributed by atoms with Crippen LogP contribution in [0.15, 0.2) is 0 Å². The number of nitrogens with zero attached hydrogens (tertiary/aromatic N) is 1. The number of methoxy groups -OCH3 is 1. The first-order chi connectivity index (χ1) is 9.90. The van der Waals surface area contributed by atoms with Gasteiger partial charge in [-0.15, -0.1) is 0 Å². The van der Waals surface area contributed by atoms with E-state index in [0.29, 0.717) is 25.0 Å². The van der Waals surface area contributed by atoms with Gasteiger partial charge in [0.2, 0.25) is 0 Å². The van der Waals surface area contributed by atoms with E-state index >= 15 is 0 Å². The SMILES string of the molecule is COC1CC(NS(=O)(=O)N2CCC(CNC(C)C)CC2)C1. The van der Waals surface area contributed by atoms with Gasteiger partial charge in [-0.05, 0) is 38.1 Å². The van der Waals surface area contributed by atoms with E-state index in [2.05, 4.69) is 23.9 Å². The first-order valence-electron chi connectivity index (χ1n) is 7.94. The molecule has 1 saturated carbocycles. The Hall–Kier alpha value is -0.210. The van der Waals surface area contributed by atoms with Crippen LogP contribution in [0, 0.1) is 5.92 Å². The average molecular weight is 319 g/mol. The topological polar surface area (TPSA) is 70.7 Å². The van der Waals surface area contributed by atoms with Crippen LogP contribution in [0.1, 0.15) is 39.5 Å². The van der Waals surface area contributed by atoms with Crippen molar-refractivity contribution >= 4 is 10.2 Å².